The molecule has 0 aromatic heterocycles. The van der Waals surface area contributed by atoms with Crippen LogP contribution in [0.1, 0.15) is 22.3 Å². The third-order valence-electron chi connectivity index (χ3n) is 5.48. The first kappa shape index (κ1) is 24.9. The highest BCUT2D eigenvalue weighted by Gasteiger charge is 2.27. The highest BCUT2D eigenvalue weighted by molar-refractivity contribution is 7.98. The van der Waals surface area contributed by atoms with Crippen LogP contribution in [-0.2, 0) is 20.6 Å². The van der Waals surface area contributed by atoms with Crippen LogP contribution >= 0.6 is 11.8 Å². The number of sulfonamides is 1. The molecule has 3 aromatic carbocycles. The Morgan fingerprint density at radius 1 is 0.879 bits per heavy atom. The Hall–Kier alpha value is -2.77. The SMILES string of the molecule is Cc1ccc(N(CC(=O)NCCSCc2ccccc2C)S(=O)(=O)c2ccccc2)cc1C. The molecule has 0 aliphatic rings. The summed E-state index contributed by atoms with van der Waals surface area (Å²) in [6.07, 6.45) is 0. The predicted octanol–water partition coefficient (Wildman–Crippen LogP) is 4.86. The highest BCUT2D eigenvalue weighted by Crippen LogP contribution is 2.25. The van der Waals surface area contributed by atoms with Crippen LogP contribution in [0.4, 0.5) is 5.69 Å². The van der Waals surface area contributed by atoms with E-state index in [2.05, 4.69) is 24.4 Å². The molecule has 0 saturated heterocycles. The van der Waals surface area contributed by atoms with Gasteiger partial charge in [-0.05, 0) is 67.3 Å². The molecule has 0 aliphatic carbocycles. The van der Waals surface area contributed by atoms with E-state index in [0.717, 1.165) is 22.6 Å². The summed E-state index contributed by atoms with van der Waals surface area (Å²) in [6, 6.07) is 21.9. The number of benzene rings is 3. The van der Waals surface area contributed by atoms with Crippen molar-refractivity contribution in [3.8, 4) is 0 Å². The van der Waals surface area contributed by atoms with Crippen LogP contribution in [0.25, 0.3) is 0 Å². The van der Waals surface area contributed by atoms with Gasteiger partial charge in [-0.15, -0.1) is 0 Å². The van der Waals surface area contributed by atoms with Gasteiger partial charge in [0.25, 0.3) is 10.0 Å². The number of carbonyl (C=O) groups excluding carboxylic acids is 1. The van der Waals surface area contributed by atoms with E-state index >= 15 is 0 Å². The van der Waals surface area contributed by atoms with Crippen LogP contribution in [0, 0.1) is 20.8 Å². The molecule has 0 heterocycles. The van der Waals surface area contributed by atoms with E-state index in [0.29, 0.717) is 12.2 Å². The summed E-state index contributed by atoms with van der Waals surface area (Å²) >= 11 is 1.74. The molecule has 0 radical (unpaired) electrons. The van der Waals surface area contributed by atoms with Crippen LogP contribution in [-0.4, -0.2) is 33.2 Å². The molecule has 1 N–H and O–H groups in total. The fourth-order valence-electron chi connectivity index (χ4n) is 3.32. The number of nitrogens with one attached hydrogen (secondary N) is 1. The fraction of sp³-hybridized carbons (Fsp3) is 0.269. The molecular weight excluding hydrogens is 452 g/mol. The molecule has 7 heteroatoms. The monoisotopic (exact) mass is 482 g/mol. The van der Waals surface area contributed by atoms with Gasteiger partial charge in [-0.1, -0.05) is 48.5 Å². The maximum Gasteiger partial charge on any atom is 0.264 e. The van der Waals surface area contributed by atoms with Crippen molar-refractivity contribution in [3.63, 3.8) is 0 Å². The molecule has 3 aromatic rings. The fourth-order valence-corrected chi connectivity index (χ4v) is 5.69. The first-order valence-electron chi connectivity index (χ1n) is 10.8. The predicted molar refractivity (Wildman–Crippen MR) is 137 cm³/mol. The summed E-state index contributed by atoms with van der Waals surface area (Å²) in [7, 11) is -3.89. The van der Waals surface area contributed by atoms with E-state index in [-0.39, 0.29) is 17.3 Å². The summed E-state index contributed by atoms with van der Waals surface area (Å²) in [6.45, 7) is 6.18. The molecule has 3 rings (SSSR count). The van der Waals surface area contributed by atoms with Gasteiger partial charge in [0.15, 0.2) is 0 Å². The van der Waals surface area contributed by atoms with E-state index in [1.165, 1.54) is 15.4 Å². The maximum absolute atomic E-state index is 13.4. The third-order valence-corrected chi connectivity index (χ3v) is 8.28. The first-order chi connectivity index (χ1) is 15.8. The molecule has 5 nitrogen and oxygen atoms in total. The quantitative estimate of drug-likeness (QED) is 0.419. The van der Waals surface area contributed by atoms with Gasteiger partial charge < -0.3 is 5.32 Å². The molecule has 174 valence electrons. The van der Waals surface area contributed by atoms with E-state index in [4.69, 9.17) is 0 Å². The number of thioether (sulfide) groups is 1. The van der Waals surface area contributed by atoms with E-state index in [1.807, 2.05) is 32.0 Å². The smallest absolute Gasteiger partial charge is 0.264 e. The molecule has 0 aliphatic heterocycles. The Labute approximate surface area is 201 Å². The van der Waals surface area contributed by atoms with Crippen molar-refractivity contribution in [2.24, 2.45) is 0 Å². The van der Waals surface area contributed by atoms with Crippen molar-refractivity contribution in [2.45, 2.75) is 31.4 Å². The third kappa shape index (κ3) is 6.62. The normalized spacial score (nSPS) is 11.2. The number of amides is 1. The number of nitrogens with zero attached hydrogens (tertiary/aromatic N) is 1. The number of rotatable bonds is 10. The molecular formula is C26H30N2O3S2. The first-order valence-corrected chi connectivity index (χ1v) is 13.4. The van der Waals surface area contributed by atoms with Crippen LogP contribution in [0.3, 0.4) is 0 Å². The topological polar surface area (TPSA) is 66.5 Å². The molecule has 0 bridgehead atoms. The van der Waals surface area contributed by atoms with Gasteiger partial charge in [0, 0.05) is 18.1 Å². The number of aryl methyl sites for hydroxylation is 3. The van der Waals surface area contributed by atoms with Crippen molar-refractivity contribution >= 4 is 33.4 Å². The second-order valence-corrected chi connectivity index (χ2v) is 10.9. The standard InChI is InChI=1S/C26H30N2O3S2/c1-20-13-14-24(17-22(20)3)28(33(30,31)25-11-5-4-6-12-25)18-26(29)27-15-16-32-19-23-10-8-7-9-21(23)2/h4-14,17H,15-16,18-19H2,1-3H3,(H,27,29). The summed E-state index contributed by atoms with van der Waals surface area (Å²) in [4.78, 5) is 12.9. The number of hydrogen-bond donors (Lipinski definition) is 1. The summed E-state index contributed by atoms with van der Waals surface area (Å²) < 4.78 is 27.9. The molecule has 1 amide bonds. The maximum atomic E-state index is 13.4. The largest absolute Gasteiger partial charge is 0.354 e. The van der Waals surface area contributed by atoms with Crippen molar-refractivity contribution in [2.75, 3.05) is 23.1 Å². The van der Waals surface area contributed by atoms with Crippen LogP contribution in [0.2, 0.25) is 0 Å². The molecule has 33 heavy (non-hydrogen) atoms. The van der Waals surface area contributed by atoms with E-state index in [1.54, 1.807) is 54.2 Å². The number of anilines is 1. The zero-order chi connectivity index (χ0) is 23.8. The lowest BCUT2D eigenvalue weighted by molar-refractivity contribution is -0.119. The molecule has 0 fully saturated rings. The van der Waals surface area contributed by atoms with Crippen molar-refractivity contribution in [1.29, 1.82) is 0 Å². The summed E-state index contributed by atoms with van der Waals surface area (Å²) in [5, 5.41) is 2.87. The summed E-state index contributed by atoms with van der Waals surface area (Å²) in [5.41, 5.74) is 5.04. The lowest BCUT2D eigenvalue weighted by Crippen LogP contribution is -2.41. The van der Waals surface area contributed by atoms with E-state index in [9.17, 15) is 13.2 Å². The molecule has 0 unspecified atom stereocenters. The Balaban J connectivity index is 1.66. The van der Waals surface area contributed by atoms with Gasteiger partial charge >= 0.3 is 0 Å². The van der Waals surface area contributed by atoms with Crippen molar-refractivity contribution < 1.29 is 13.2 Å². The average Bonchev–Trinajstić information content (AvgIpc) is 2.81. The van der Waals surface area contributed by atoms with Gasteiger partial charge in [-0.25, -0.2) is 8.42 Å². The highest BCUT2D eigenvalue weighted by atomic mass is 32.2. The summed E-state index contributed by atoms with van der Waals surface area (Å²) in [5.74, 6) is 1.29. The van der Waals surface area contributed by atoms with Crippen molar-refractivity contribution in [3.05, 3.63) is 95.1 Å². The van der Waals surface area contributed by atoms with Crippen LogP contribution in [0.15, 0.2) is 77.7 Å². The van der Waals surface area contributed by atoms with Gasteiger partial charge in [0.2, 0.25) is 5.91 Å². The minimum atomic E-state index is -3.89. The van der Waals surface area contributed by atoms with Gasteiger partial charge in [0.05, 0.1) is 10.6 Å². The number of carbonyl (C=O) groups is 1. The van der Waals surface area contributed by atoms with Gasteiger partial charge in [-0.3, -0.25) is 9.10 Å². The minimum absolute atomic E-state index is 0.157. The van der Waals surface area contributed by atoms with Gasteiger partial charge in [-0.2, -0.15) is 11.8 Å². The second-order valence-electron chi connectivity index (χ2n) is 7.92. The second kappa shape index (κ2) is 11.4. The molecule has 0 spiro atoms. The Morgan fingerprint density at radius 2 is 1.58 bits per heavy atom. The van der Waals surface area contributed by atoms with Crippen LogP contribution in [0.5, 0.6) is 0 Å². The lowest BCUT2D eigenvalue weighted by atomic mass is 10.1. The number of hydrogen-bond acceptors (Lipinski definition) is 4. The molecule has 0 atom stereocenters. The zero-order valence-corrected chi connectivity index (χ0v) is 20.9. The van der Waals surface area contributed by atoms with Crippen molar-refractivity contribution in [1.82, 2.24) is 5.32 Å². The molecule has 0 saturated carbocycles. The van der Waals surface area contributed by atoms with E-state index < -0.39 is 10.0 Å². The van der Waals surface area contributed by atoms with Crippen LogP contribution < -0.4 is 9.62 Å². The average molecular weight is 483 g/mol. The lowest BCUT2D eigenvalue weighted by Gasteiger charge is -2.25. The Kier molecular flexibility index (Phi) is 8.58. The minimum Gasteiger partial charge on any atom is -0.354 e. The zero-order valence-electron chi connectivity index (χ0n) is 19.2. The Bertz CT molecular complexity index is 1200. The Morgan fingerprint density at radius 3 is 2.27 bits per heavy atom. The van der Waals surface area contributed by atoms with Gasteiger partial charge in [0.1, 0.15) is 6.54 Å².